The van der Waals surface area contributed by atoms with Crippen molar-refractivity contribution < 1.29 is 50.0 Å². The van der Waals surface area contributed by atoms with Gasteiger partial charge in [-0.1, -0.05) is 179 Å². The number of ether oxygens (including phenoxy) is 2. The Hall–Kier alpha value is -1.67. The number of amides is 1. The number of nitrogens with one attached hydrogen (secondary N) is 1. The lowest BCUT2D eigenvalue weighted by molar-refractivity contribution is -0.303. The zero-order valence-corrected chi connectivity index (χ0v) is 40.1. The second kappa shape index (κ2) is 41.7. The molecule has 9 unspecified atom stereocenters. The molecule has 1 amide bonds. The maximum Gasteiger partial charge on any atom is 0.249 e. The van der Waals surface area contributed by atoms with Crippen molar-refractivity contribution in [3.05, 3.63) is 36.5 Å². The molecule has 1 aliphatic heterocycles. The largest absolute Gasteiger partial charge is 0.394 e. The molecule has 63 heavy (non-hydrogen) atoms. The van der Waals surface area contributed by atoms with Crippen LogP contribution < -0.4 is 5.32 Å². The van der Waals surface area contributed by atoms with Crippen molar-refractivity contribution >= 4 is 5.91 Å². The van der Waals surface area contributed by atoms with E-state index < -0.39 is 74.2 Å². The number of carbonyl (C=O) groups is 1. The van der Waals surface area contributed by atoms with E-state index in [9.17, 15) is 40.5 Å². The van der Waals surface area contributed by atoms with Crippen LogP contribution in [0.25, 0.3) is 0 Å². The Bertz CT molecular complexity index is 1120. The van der Waals surface area contributed by atoms with E-state index in [0.29, 0.717) is 19.3 Å². The zero-order valence-electron chi connectivity index (χ0n) is 40.1. The molecule has 0 spiro atoms. The summed E-state index contributed by atoms with van der Waals surface area (Å²) < 4.78 is 11.1. The number of hydrogen-bond acceptors (Lipinski definition) is 10. The number of hydrogen-bond donors (Lipinski definition) is 8. The third-order valence-corrected chi connectivity index (χ3v) is 12.4. The molecular formula is C52H97NO10. The van der Waals surface area contributed by atoms with Crippen LogP contribution in [0.3, 0.4) is 0 Å². The Morgan fingerprint density at radius 3 is 1.41 bits per heavy atom. The molecule has 0 radical (unpaired) electrons. The summed E-state index contributed by atoms with van der Waals surface area (Å²) in [6.07, 6.45) is 37.6. The van der Waals surface area contributed by atoms with Gasteiger partial charge in [-0.3, -0.25) is 4.79 Å². The minimum atomic E-state index is -1.67. The maximum atomic E-state index is 13.1. The summed E-state index contributed by atoms with van der Waals surface area (Å²) >= 11 is 0. The number of carbonyl (C=O) groups excluding carboxylic acids is 1. The van der Waals surface area contributed by atoms with E-state index in [-0.39, 0.29) is 12.8 Å². The van der Waals surface area contributed by atoms with Gasteiger partial charge in [-0.2, -0.15) is 0 Å². The summed E-state index contributed by atoms with van der Waals surface area (Å²) in [5, 5.41) is 75.8. The Morgan fingerprint density at radius 2 is 0.952 bits per heavy atom. The highest BCUT2D eigenvalue weighted by atomic mass is 16.7. The molecule has 11 nitrogen and oxygen atoms in total. The molecule has 1 saturated heterocycles. The number of aliphatic hydroxyl groups excluding tert-OH is 7. The lowest BCUT2D eigenvalue weighted by atomic mass is 9.98. The summed E-state index contributed by atoms with van der Waals surface area (Å²) in [5.41, 5.74) is 0. The minimum Gasteiger partial charge on any atom is -0.394 e. The maximum absolute atomic E-state index is 13.1. The summed E-state index contributed by atoms with van der Waals surface area (Å²) in [7, 11) is 0. The molecule has 0 aromatic rings. The van der Waals surface area contributed by atoms with Crippen molar-refractivity contribution in [2.75, 3.05) is 13.2 Å². The van der Waals surface area contributed by atoms with Crippen LogP contribution in [0.2, 0.25) is 0 Å². The molecule has 11 heteroatoms. The first-order valence-corrected chi connectivity index (χ1v) is 25.9. The first-order valence-electron chi connectivity index (χ1n) is 25.9. The SMILES string of the molecule is CCCCCCCCCC/C=C/CC/C=C/CCCC(O)C(O)C(COC1OC(CO)C(O)C(O)C1O)NC(=O)C(O)CCCCCCCC/C=C\CCCCCCCCCCC. The molecule has 1 fully saturated rings. The smallest absolute Gasteiger partial charge is 0.249 e. The second-order valence-corrected chi connectivity index (χ2v) is 18.2. The quantitative estimate of drug-likeness (QED) is 0.0216. The molecule has 1 heterocycles. The number of allylic oxidation sites excluding steroid dienone is 6. The van der Waals surface area contributed by atoms with Crippen LogP contribution >= 0.6 is 0 Å². The van der Waals surface area contributed by atoms with Crippen molar-refractivity contribution in [3.63, 3.8) is 0 Å². The fourth-order valence-corrected chi connectivity index (χ4v) is 8.10. The zero-order chi connectivity index (χ0) is 46.2. The average Bonchev–Trinajstić information content (AvgIpc) is 3.28. The van der Waals surface area contributed by atoms with Crippen molar-refractivity contribution in [2.24, 2.45) is 0 Å². The van der Waals surface area contributed by atoms with Crippen LogP contribution in [0.1, 0.15) is 219 Å². The van der Waals surface area contributed by atoms with E-state index in [1.165, 1.54) is 116 Å². The fourth-order valence-electron chi connectivity index (χ4n) is 8.10. The highest BCUT2D eigenvalue weighted by Crippen LogP contribution is 2.23. The summed E-state index contributed by atoms with van der Waals surface area (Å²) in [5.74, 6) is -0.715. The van der Waals surface area contributed by atoms with E-state index in [0.717, 1.165) is 57.8 Å². The van der Waals surface area contributed by atoms with Crippen molar-refractivity contribution in [1.82, 2.24) is 5.32 Å². The molecule has 0 aromatic carbocycles. The van der Waals surface area contributed by atoms with Crippen LogP contribution in [-0.4, -0.2) is 110 Å². The van der Waals surface area contributed by atoms with Gasteiger partial charge >= 0.3 is 0 Å². The van der Waals surface area contributed by atoms with Gasteiger partial charge in [0.05, 0.1) is 25.4 Å². The number of rotatable bonds is 43. The second-order valence-electron chi connectivity index (χ2n) is 18.2. The Kier molecular flexibility index (Phi) is 39.3. The molecule has 0 bridgehead atoms. The molecule has 0 aromatic heterocycles. The number of unbranched alkanes of at least 4 members (excludes halogenated alkanes) is 25. The van der Waals surface area contributed by atoms with Crippen molar-refractivity contribution in [3.8, 4) is 0 Å². The molecule has 9 atom stereocenters. The first kappa shape index (κ1) is 59.3. The monoisotopic (exact) mass is 896 g/mol. The van der Waals surface area contributed by atoms with E-state index >= 15 is 0 Å². The van der Waals surface area contributed by atoms with Crippen LogP contribution in [0.4, 0.5) is 0 Å². The van der Waals surface area contributed by atoms with Crippen LogP contribution in [0, 0.1) is 0 Å². The van der Waals surface area contributed by atoms with Crippen molar-refractivity contribution in [1.29, 1.82) is 0 Å². The van der Waals surface area contributed by atoms with E-state index in [2.05, 4.69) is 55.6 Å². The molecule has 1 aliphatic rings. The standard InChI is InChI=1S/C52H97NO10/c1-3-5-7-9-11-13-15-17-19-21-22-24-26-28-30-32-34-36-38-40-45(56)51(61)53-43(42-62-52-50(60)49(59)48(58)46(41-54)63-52)47(57)44(55)39-37-35-33-31-29-27-25-23-20-18-16-14-12-10-8-6-4-2/h22-25,31,33,43-50,52,54-60H,3-21,26-30,32,34-42H2,1-2H3,(H,53,61)/b24-22-,25-23+,33-31+. The predicted molar refractivity (Wildman–Crippen MR) is 256 cm³/mol. The van der Waals surface area contributed by atoms with Gasteiger partial charge in [-0.05, 0) is 77.0 Å². The van der Waals surface area contributed by atoms with E-state index in [4.69, 9.17) is 9.47 Å². The summed E-state index contributed by atoms with van der Waals surface area (Å²) in [4.78, 5) is 13.1. The highest BCUT2D eigenvalue weighted by Gasteiger charge is 2.44. The lowest BCUT2D eigenvalue weighted by Crippen LogP contribution is -2.60. The number of aliphatic hydroxyl groups is 7. The molecule has 0 aliphatic carbocycles. The summed E-state index contributed by atoms with van der Waals surface area (Å²) in [6.45, 7) is 3.43. The normalized spacial score (nSPS) is 21.4. The van der Waals surface area contributed by atoms with Crippen LogP contribution in [0.5, 0.6) is 0 Å². The van der Waals surface area contributed by atoms with E-state index in [1.807, 2.05) is 0 Å². The van der Waals surface area contributed by atoms with Gasteiger partial charge in [-0.15, -0.1) is 0 Å². The lowest BCUT2D eigenvalue weighted by Gasteiger charge is -2.40. The van der Waals surface area contributed by atoms with Crippen LogP contribution in [0.15, 0.2) is 36.5 Å². The van der Waals surface area contributed by atoms with Gasteiger partial charge in [0.15, 0.2) is 6.29 Å². The fraction of sp³-hybridized carbons (Fsp3) is 0.865. The third-order valence-electron chi connectivity index (χ3n) is 12.4. The van der Waals surface area contributed by atoms with Gasteiger partial charge in [0, 0.05) is 0 Å². The first-order chi connectivity index (χ1) is 30.7. The van der Waals surface area contributed by atoms with Gasteiger partial charge in [0.1, 0.15) is 36.6 Å². The Balaban J connectivity index is 2.43. The van der Waals surface area contributed by atoms with Gasteiger partial charge in [-0.25, -0.2) is 0 Å². The summed E-state index contributed by atoms with van der Waals surface area (Å²) in [6, 6.07) is -1.19. The topological polar surface area (TPSA) is 189 Å². The van der Waals surface area contributed by atoms with Crippen molar-refractivity contribution in [2.45, 2.75) is 274 Å². The molecule has 1 rings (SSSR count). The molecule has 0 saturated carbocycles. The van der Waals surface area contributed by atoms with Crippen LogP contribution in [-0.2, 0) is 14.3 Å². The Morgan fingerprint density at radius 1 is 0.540 bits per heavy atom. The minimum absolute atomic E-state index is 0.244. The molecule has 370 valence electrons. The molecule has 8 N–H and O–H groups in total. The van der Waals surface area contributed by atoms with Gasteiger partial charge in [0.2, 0.25) is 5.91 Å². The van der Waals surface area contributed by atoms with Gasteiger partial charge < -0.3 is 50.5 Å². The molecular weight excluding hydrogens is 799 g/mol. The Labute approximate surface area is 384 Å². The predicted octanol–water partition coefficient (Wildman–Crippen LogP) is 9.56. The average molecular weight is 896 g/mol. The van der Waals surface area contributed by atoms with E-state index in [1.54, 1.807) is 0 Å². The van der Waals surface area contributed by atoms with Gasteiger partial charge in [0.25, 0.3) is 0 Å². The third kappa shape index (κ3) is 31.0. The highest BCUT2D eigenvalue weighted by molar-refractivity contribution is 5.80.